The van der Waals surface area contributed by atoms with Crippen LogP contribution in [-0.2, 0) is 4.74 Å². The Balaban J connectivity index is 0.000000673. The van der Waals surface area contributed by atoms with Crippen LogP contribution in [-0.4, -0.2) is 24.3 Å². The van der Waals surface area contributed by atoms with Crippen LogP contribution >= 0.6 is 0 Å². The number of unbranched alkanes of at least 4 members (excludes halogenated alkanes) is 1. The highest BCUT2D eigenvalue weighted by Crippen LogP contribution is 2.01. The van der Waals surface area contributed by atoms with Gasteiger partial charge in [0.05, 0.1) is 12.2 Å². The number of carbonyl (C=O) groups is 1. The first-order valence-electron chi connectivity index (χ1n) is 5.59. The number of aliphatic hydroxyl groups is 1. The predicted octanol–water partition coefficient (Wildman–Crippen LogP) is 2.64. The number of hydrogen-bond acceptors (Lipinski definition) is 3. The molecule has 0 fully saturated rings. The molecule has 1 aromatic carbocycles. The van der Waals surface area contributed by atoms with Crippen molar-refractivity contribution >= 4 is 5.97 Å². The second-order valence-electron chi connectivity index (χ2n) is 3.17. The lowest BCUT2D eigenvalue weighted by Gasteiger charge is -2.02. The van der Waals surface area contributed by atoms with Crippen LogP contribution in [0.25, 0.3) is 0 Å². The Kier molecular flexibility index (Phi) is 9.32. The Hall–Kier alpha value is -1.35. The van der Waals surface area contributed by atoms with E-state index in [1.54, 1.807) is 19.1 Å². The Morgan fingerprint density at radius 2 is 1.81 bits per heavy atom. The number of aliphatic hydroxyl groups excluding tert-OH is 1. The summed E-state index contributed by atoms with van der Waals surface area (Å²) in [6, 6.07) is 9.05. The molecule has 0 unspecified atom stereocenters. The number of rotatable bonds is 4. The molecule has 0 radical (unpaired) electrons. The zero-order valence-corrected chi connectivity index (χ0v) is 9.98. The largest absolute Gasteiger partial charge is 0.462 e. The lowest BCUT2D eigenvalue weighted by atomic mass is 10.2. The SMILES string of the molecule is CCCCOC(=O)c1ccccc1.CCO. The molecule has 0 amide bonds. The van der Waals surface area contributed by atoms with Crippen molar-refractivity contribution in [2.75, 3.05) is 13.2 Å². The predicted molar refractivity (Wildman–Crippen MR) is 64.4 cm³/mol. The van der Waals surface area contributed by atoms with Gasteiger partial charge in [-0.3, -0.25) is 0 Å². The van der Waals surface area contributed by atoms with Gasteiger partial charge in [-0.25, -0.2) is 4.79 Å². The first kappa shape index (κ1) is 14.6. The Bertz CT molecular complexity index is 270. The van der Waals surface area contributed by atoms with E-state index >= 15 is 0 Å². The van der Waals surface area contributed by atoms with E-state index in [-0.39, 0.29) is 12.6 Å². The van der Waals surface area contributed by atoms with Crippen molar-refractivity contribution < 1.29 is 14.6 Å². The summed E-state index contributed by atoms with van der Waals surface area (Å²) in [7, 11) is 0. The lowest BCUT2D eigenvalue weighted by Crippen LogP contribution is -2.05. The molecule has 0 spiro atoms. The Labute approximate surface area is 97.1 Å². The molecule has 16 heavy (non-hydrogen) atoms. The van der Waals surface area contributed by atoms with Crippen molar-refractivity contribution in [3.63, 3.8) is 0 Å². The van der Waals surface area contributed by atoms with Crippen molar-refractivity contribution in [2.24, 2.45) is 0 Å². The van der Waals surface area contributed by atoms with E-state index < -0.39 is 0 Å². The standard InChI is InChI=1S/C11H14O2.C2H6O/c1-2-3-9-13-11(12)10-7-5-4-6-8-10;1-2-3/h4-8H,2-3,9H2,1H3;3H,2H2,1H3. The van der Waals surface area contributed by atoms with Gasteiger partial charge in [-0.15, -0.1) is 0 Å². The highest BCUT2D eigenvalue weighted by atomic mass is 16.5. The molecule has 0 atom stereocenters. The maximum absolute atomic E-state index is 11.3. The van der Waals surface area contributed by atoms with Crippen LogP contribution in [0.15, 0.2) is 30.3 Å². The van der Waals surface area contributed by atoms with E-state index in [1.807, 2.05) is 18.2 Å². The minimum atomic E-state index is -0.228. The first-order chi connectivity index (χ1) is 7.76. The van der Waals surface area contributed by atoms with E-state index in [9.17, 15) is 4.79 Å². The van der Waals surface area contributed by atoms with Gasteiger partial charge in [-0.05, 0) is 25.5 Å². The van der Waals surface area contributed by atoms with Crippen molar-refractivity contribution in [1.82, 2.24) is 0 Å². The van der Waals surface area contributed by atoms with Gasteiger partial charge in [0.2, 0.25) is 0 Å². The summed E-state index contributed by atoms with van der Waals surface area (Å²) in [6.45, 7) is 4.51. The van der Waals surface area contributed by atoms with Crippen LogP contribution in [0.5, 0.6) is 0 Å². The molecule has 0 aromatic heterocycles. The van der Waals surface area contributed by atoms with E-state index in [1.165, 1.54) is 0 Å². The van der Waals surface area contributed by atoms with Crippen molar-refractivity contribution in [2.45, 2.75) is 26.7 Å². The molecule has 0 aliphatic heterocycles. The number of benzene rings is 1. The molecule has 0 saturated heterocycles. The fraction of sp³-hybridized carbons (Fsp3) is 0.462. The number of esters is 1. The summed E-state index contributed by atoms with van der Waals surface area (Å²) in [6.07, 6.45) is 1.97. The van der Waals surface area contributed by atoms with Gasteiger partial charge < -0.3 is 9.84 Å². The van der Waals surface area contributed by atoms with Gasteiger partial charge in [0.1, 0.15) is 0 Å². The molecule has 0 aliphatic rings. The van der Waals surface area contributed by atoms with Gasteiger partial charge in [-0.1, -0.05) is 31.5 Å². The van der Waals surface area contributed by atoms with Gasteiger partial charge in [0.15, 0.2) is 0 Å². The molecular formula is C13H20O3. The van der Waals surface area contributed by atoms with Crippen LogP contribution in [0, 0.1) is 0 Å². The van der Waals surface area contributed by atoms with Crippen molar-refractivity contribution in [3.8, 4) is 0 Å². The quantitative estimate of drug-likeness (QED) is 0.631. The number of carbonyl (C=O) groups excluding carboxylic acids is 1. The maximum Gasteiger partial charge on any atom is 0.338 e. The summed E-state index contributed by atoms with van der Waals surface area (Å²) in [5.41, 5.74) is 0.624. The van der Waals surface area contributed by atoms with Gasteiger partial charge in [0, 0.05) is 6.61 Å². The highest BCUT2D eigenvalue weighted by Gasteiger charge is 2.03. The van der Waals surface area contributed by atoms with Gasteiger partial charge in [-0.2, -0.15) is 0 Å². The molecule has 0 aliphatic carbocycles. The van der Waals surface area contributed by atoms with E-state index in [4.69, 9.17) is 9.84 Å². The lowest BCUT2D eigenvalue weighted by molar-refractivity contribution is 0.0500. The summed E-state index contributed by atoms with van der Waals surface area (Å²) >= 11 is 0. The zero-order chi connectivity index (χ0) is 12.2. The second kappa shape index (κ2) is 10.2. The molecule has 90 valence electrons. The van der Waals surface area contributed by atoms with Crippen molar-refractivity contribution in [1.29, 1.82) is 0 Å². The molecular weight excluding hydrogens is 204 g/mol. The minimum Gasteiger partial charge on any atom is -0.462 e. The van der Waals surface area contributed by atoms with Crippen LogP contribution in [0.2, 0.25) is 0 Å². The van der Waals surface area contributed by atoms with Gasteiger partial charge >= 0.3 is 5.97 Å². The summed E-state index contributed by atoms with van der Waals surface area (Å²) in [5.74, 6) is -0.228. The summed E-state index contributed by atoms with van der Waals surface area (Å²) in [4.78, 5) is 11.3. The summed E-state index contributed by atoms with van der Waals surface area (Å²) < 4.78 is 5.03. The number of ether oxygens (including phenoxy) is 1. The van der Waals surface area contributed by atoms with Crippen LogP contribution < -0.4 is 0 Å². The van der Waals surface area contributed by atoms with E-state index in [0.29, 0.717) is 12.2 Å². The van der Waals surface area contributed by atoms with Crippen LogP contribution in [0.1, 0.15) is 37.0 Å². The zero-order valence-electron chi connectivity index (χ0n) is 9.98. The second-order valence-corrected chi connectivity index (χ2v) is 3.17. The third-order valence-electron chi connectivity index (χ3n) is 1.74. The minimum absolute atomic E-state index is 0.228. The number of hydrogen-bond donors (Lipinski definition) is 1. The van der Waals surface area contributed by atoms with Crippen LogP contribution in [0.3, 0.4) is 0 Å². The van der Waals surface area contributed by atoms with Gasteiger partial charge in [0.25, 0.3) is 0 Å². The molecule has 1 rings (SSSR count). The molecule has 0 heterocycles. The van der Waals surface area contributed by atoms with Crippen LogP contribution in [0.4, 0.5) is 0 Å². The average Bonchev–Trinajstić information content (AvgIpc) is 2.31. The third-order valence-corrected chi connectivity index (χ3v) is 1.74. The fourth-order valence-electron chi connectivity index (χ4n) is 0.967. The third kappa shape index (κ3) is 7.01. The Morgan fingerprint density at radius 3 is 2.31 bits per heavy atom. The highest BCUT2D eigenvalue weighted by molar-refractivity contribution is 5.89. The van der Waals surface area contributed by atoms with E-state index in [2.05, 4.69) is 6.92 Å². The maximum atomic E-state index is 11.3. The molecule has 3 heteroatoms. The first-order valence-corrected chi connectivity index (χ1v) is 5.59. The topological polar surface area (TPSA) is 46.5 Å². The molecule has 0 saturated carbocycles. The molecule has 3 nitrogen and oxygen atoms in total. The molecule has 1 aromatic rings. The average molecular weight is 224 g/mol. The molecule has 0 bridgehead atoms. The molecule has 1 N–H and O–H groups in total. The normalized spacial score (nSPS) is 8.94. The monoisotopic (exact) mass is 224 g/mol. The van der Waals surface area contributed by atoms with Crippen molar-refractivity contribution in [3.05, 3.63) is 35.9 Å². The fourth-order valence-corrected chi connectivity index (χ4v) is 0.967. The van der Waals surface area contributed by atoms with E-state index in [0.717, 1.165) is 12.8 Å². The smallest absolute Gasteiger partial charge is 0.338 e. The summed E-state index contributed by atoms with van der Waals surface area (Å²) in [5, 5.41) is 7.57. The Morgan fingerprint density at radius 1 is 1.25 bits per heavy atom.